The van der Waals surface area contributed by atoms with Crippen LogP contribution in [0.15, 0.2) is 12.4 Å². The minimum Gasteiger partial charge on any atom is -0.444 e. The molecule has 162 valence electrons. The average Bonchev–Trinajstić information content (AvgIpc) is 3.07. The van der Waals surface area contributed by atoms with E-state index in [0.717, 1.165) is 18.3 Å². The Labute approximate surface area is 175 Å². The number of piperidine rings is 1. The van der Waals surface area contributed by atoms with Crippen molar-refractivity contribution in [2.45, 2.75) is 104 Å². The molecular formula is C21H36BN3O4. The van der Waals surface area contributed by atoms with Gasteiger partial charge in [0, 0.05) is 29.9 Å². The lowest BCUT2D eigenvalue weighted by molar-refractivity contribution is -0.0143. The van der Waals surface area contributed by atoms with Crippen LogP contribution in [0.1, 0.15) is 81.2 Å². The average molecular weight is 405 g/mol. The maximum Gasteiger partial charge on any atom is 0.498 e. The molecule has 1 unspecified atom stereocenters. The van der Waals surface area contributed by atoms with Crippen molar-refractivity contribution in [3.63, 3.8) is 0 Å². The van der Waals surface area contributed by atoms with Gasteiger partial charge in [-0.25, -0.2) is 4.79 Å². The smallest absolute Gasteiger partial charge is 0.444 e. The van der Waals surface area contributed by atoms with Gasteiger partial charge in [-0.05, 0) is 75.2 Å². The minimum atomic E-state index is -0.496. The maximum absolute atomic E-state index is 12.6. The monoisotopic (exact) mass is 405 g/mol. The third kappa shape index (κ3) is 4.48. The van der Waals surface area contributed by atoms with Crippen molar-refractivity contribution in [3.8, 4) is 0 Å². The van der Waals surface area contributed by atoms with Crippen molar-refractivity contribution in [2.75, 3.05) is 6.54 Å². The van der Waals surface area contributed by atoms with Gasteiger partial charge in [-0.3, -0.25) is 4.68 Å². The molecule has 0 saturated carbocycles. The molecular weight excluding hydrogens is 369 g/mol. The van der Waals surface area contributed by atoms with Crippen molar-refractivity contribution < 1.29 is 18.8 Å². The van der Waals surface area contributed by atoms with E-state index in [2.05, 4.69) is 18.9 Å². The Bertz CT molecular complexity index is 750. The van der Waals surface area contributed by atoms with E-state index >= 15 is 0 Å². The summed E-state index contributed by atoms with van der Waals surface area (Å²) in [4.78, 5) is 14.5. The number of nitrogens with zero attached hydrogens (tertiary/aromatic N) is 3. The van der Waals surface area contributed by atoms with E-state index in [1.807, 2.05) is 70.4 Å². The molecule has 0 bridgehead atoms. The molecule has 1 amide bonds. The summed E-state index contributed by atoms with van der Waals surface area (Å²) in [5.41, 5.74) is -0.636. The van der Waals surface area contributed by atoms with E-state index in [4.69, 9.17) is 14.0 Å². The van der Waals surface area contributed by atoms with E-state index in [0.29, 0.717) is 6.54 Å². The van der Waals surface area contributed by atoms with E-state index in [9.17, 15) is 4.79 Å². The molecule has 3 heterocycles. The van der Waals surface area contributed by atoms with Crippen LogP contribution in [0, 0.1) is 0 Å². The normalized spacial score (nSPS) is 25.9. The Balaban J connectivity index is 1.69. The summed E-state index contributed by atoms with van der Waals surface area (Å²) in [6.07, 6.45) is 5.23. The fourth-order valence-electron chi connectivity index (χ4n) is 3.90. The van der Waals surface area contributed by atoms with Gasteiger partial charge < -0.3 is 18.9 Å². The molecule has 7 nitrogen and oxygen atoms in total. The van der Waals surface area contributed by atoms with E-state index in [1.54, 1.807) is 0 Å². The Morgan fingerprint density at radius 1 is 1.17 bits per heavy atom. The highest BCUT2D eigenvalue weighted by molar-refractivity contribution is 6.62. The van der Waals surface area contributed by atoms with Crippen molar-refractivity contribution in [1.29, 1.82) is 0 Å². The summed E-state index contributed by atoms with van der Waals surface area (Å²) in [5.74, 6) is 0. The highest BCUT2D eigenvalue weighted by Crippen LogP contribution is 2.37. The zero-order valence-electron chi connectivity index (χ0n) is 19.4. The molecule has 0 aliphatic carbocycles. The molecule has 0 radical (unpaired) electrons. The van der Waals surface area contributed by atoms with Crippen molar-refractivity contribution in [2.24, 2.45) is 0 Å². The van der Waals surface area contributed by atoms with Gasteiger partial charge in [0.1, 0.15) is 5.60 Å². The van der Waals surface area contributed by atoms with Gasteiger partial charge in [0.25, 0.3) is 0 Å². The second-order valence-corrected chi connectivity index (χ2v) is 10.9. The van der Waals surface area contributed by atoms with Crippen LogP contribution in [0.2, 0.25) is 0 Å². The Kier molecular flexibility index (Phi) is 5.36. The number of hydrogen-bond acceptors (Lipinski definition) is 5. The molecule has 0 spiro atoms. The number of aromatic nitrogens is 2. The second kappa shape index (κ2) is 7.01. The van der Waals surface area contributed by atoms with Crippen LogP contribution >= 0.6 is 0 Å². The third-order valence-corrected chi connectivity index (χ3v) is 6.29. The largest absolute Gasteiger partial charge is 0.498 e. The lowest BCUT2D eigenvalue weighted by atomic mass is 9.81. The summed E-state index contributed by atoms with van der Waals surface area (Å²) in [6.45, 7) is 18.7. The first-order valence-corrected chi connectivity index (χ1v) is 10.5. The van der Waals surface area contributed by atoms with E-state index in [-0.39, 0.29) is 28.9 Å². The lowest BCUT2D eigenvalue weighted by Gasteiger charge is -2.45. The van der Waals surface area contributed by atoms with Gasteiger partial charge in [-0.15, -0.1) is 0 Å². The molecule has 1 atom stereocenters. The Morgan fingerprint density at radius 2 is 1.76 bits per heavy atom. The number of carbonyl (C=O) groups excluding carboxylic acids is 1. The highest BCUT2D eigenvalue weighted by atomic mass is 16.7. The van der Waals surface area contributed by atoms with Gasteiger partial charge in [0.2, 0.25) is 0 Å². The fourth-order valence-corrected chi connectivity index (χ4v) is 3.90. The first-order chi connectivity index (χ1) is 13.1. The van der Waals surface area contributed by atoms with Gasteiger partial charge in [-0.1, -0.05) is 0 Å². The SMILES string of the molecule is CC(C)(C)OC(=O)N1CCC(n2cc(B3OC(C)(C)C(C)(C)O3)cn2)CC1(C)C. The molecule has 1 aromatic heterocycles. The molecule has 2 aliphatic rings. The summed E-state index contributed by atoms with van der Waals surface area (Å²) in [6, 6.07) is 0.208. The quantitative estimate of drug-likeness (QED) is 0.705. The predicted octanol–water partition coefficient (Wildman–Crippen LogP) is 3.53. The number of hydrogen-bond donors (Lipinski definition) is 0. The van der Waals surface area contributed by atoms with Crippen molar-refractivity contribution in [1.82, 2.24) is 14.7 Å². The number of amides is 1. The summed E-state index contributed by atoms with van der Waals surface area (Å²) in [7, 11) is -0.413. The van der Waals surface area contributed by atoms with Gasteiger partial charge in [0.15, 0.2) is 0 Å². The standard InChI is InChI=1S/C21H36BN3O4/c1-18(2,3)27-17(26)24-11-10-16(12-19(24,4)5)25-14-15(13-23-25)22-28-20(6,7)21(8,9)29-22/h13-14,16H,10-12H2,1-9H3. The van der Waals surface area contributed by atoms with Crippen LogP contribution in [0.3, 0.4) is 0 Å². The molecule has 2 aliphatic heterocycles. The molecule has 8 heteroatoms. The molecule has 1 aromatic rings. The lowest BCUT2D eigenvalue weighted by Crippen LogP contribution is -2.54. The fraction of sp³-hybridized carbons (Fsp3) is 0.810. The molecule has 0 aromatic carbocycles. The minimum absolute atomic E-state index is 0.208. The summed E-state index contributed by atoms with van der Waals surface area (Å²) >= 11 is 0. The van der Waals surface area contributed by atoms with Crippen molar-refractivity contribution in [3.05, 3.63) is 12.4 Å². The third-order valence-electron chi connectivity index (χ3n) is 6.29. The number of likely N-dealkylation sites (tertiary alicyclic amines) is 1. The summed E-state index contributed by atoms with van der Waals surface area (Å²) in [5, 5.41) is 4.60. The molecule has 3 rings (SSSR count). The van der Waals surface area contributed by atoms with Crippen LogP contribution in [0.5, 0.6) is 0 Å². The topological polar surface area (TPSA) is 65.8 Å². The predicted molar refractivity (Wildman–Crippen MR) is 113 cm³/mol. The van der Waals surface area contributed by atoms with Gasteiger partial charge in [0.05, 0.1) is 17.2 Å². The van der Waals surface area contributed by atoms with Gasteiger partial charge >= 0.3 is 13.2 Å². The van der Waals surface area contributed by atoms with Crippen LogP contribution < -0.4 is 5.46 Å². The van der Waals surface area contributed by atoms with E-state index < -0.39 is 12.7 Å². The van der Waals surface area contributed by atoms with E-state index in [1.165, 1.54) is 0 Å². The zero-order valence-corrected chi connectivity index (χ0v) is 19.4. The van der Waals surface area contributed by atoms with Crippen LogP contribution in [0.4, 0.5) is 4.79 Å². The Hall–Kier alpha value is -1.54. The number of rotatable bonds is 2. The first-order valence-electron chi connectivity index (χ1n) is 10.5. The molecule has 2 saturated heterocycles. The summed E-state index contributed by atoms with van der Waals surface area (Å²) < 4.78 is 19.9. The second-order valence-electron chi connectivity index (χ2n) is 10.9. The highest BCUT2D eigenvalue weighted by Gasteiger charge is 2.52. The van der Waals surface area contributed by atoms with Gasteiger partial charge in [-0.2, -0.15) is 5.10 Å². The molecule has 2 fully saturated rings. The van der Waals surface area contributed by atoms with Crippen LogP contribution in [-0.4, -0.2) is 56.8 Å². The Morgan fingerprint density at radius 3 is 2.28 bits per heavy atom. The van der Waals surface area contributed by atoms with Crippen LogP contribution in [-0.2, 0) is 14.0 Å². The first kappa shape index (κ1) is 22.2. The molecule has 0 N–H and O–H groups in total. The maximum atomic E-state index is 12.6. The molecule has 29 heavy (non-hydrogen) atoms. The zero-order chi connectivity index (χ0) is 21.8. The van der Waals surface area contributed by atoms with Crippen molar-refractivity contribution >= 4 is 18.7 Å². The number of carbonyl (C=O) groups is 1. The number of ether oxygens (including phenoxy) is 1. The van der Waals surface area contributed by atoms with Crippen LogP contribution in [0.25, 0.3) is 0 Å².